The normalized spacial score (nSPS) is 11.9. The van der Waals surface area contributed by atoms with Crippen molar-refractivity contribution in [2.45, 2.75) is 13.1 Å². The molecule has 0 bridgehead atoms. The van der Waals surface area contributed by atoms with Crippen LogP contribution in [-0.4, -0.2) is 18.7 Å². The van der Waals surface area contributed by atoms with Gasteiger partial charge >= 0.3 is 6.18 Å². The van der Waals surface area contributed by atoms with Crippen LogP contribution in [0.1, 0.15) is 12.5 Å². The van der Waals surface area contributed by atoms with Gasteiger partial charge in [-0.1, -0.05) is 0 Å². The van der Waals surface area contributed by atoms with Crippen LogP contribution in [0.2, 0.25) is 0 Å². The van der Waals surface area contributed by atoms with E-state index in [1.807, 2.05) is 0 Å². The van der Waals surface area contributed by atoms with Crippen LogP contribution in [0, 0.1) is 0 Å². The van der Waals surface area contributed by atoms with Gasteiger partial charge in [0.05, 0.1) is 34.5 Å². The molecule has 0 amide bonds. The molecular formula is C16H12F3NO3S. The van der Waals surface area contributed by atoms with Crippen LogP contribution < -0.4 is 14.9 Å². The number of hydrogen-bond acceptors (Lipinski definition) is 5. The fraction of sp³-hybridized carbons (Fsp3) is 0.250. The van der Waals surface area contributed by atoms with E-state index in [-0.39, 0.29) is 22.9 Å². The van der Waals surface area contributed by atoms with Gasteiger partial charge in [-0.05, 0) is 25.1 Å². The van der Waals surface area contributed by atoms with Crippen molar-refractivity contribution in [2.24, 2.45) is 0 Å². The minimum absolute atomic E-state index is 0.0769. The van der Waals surface area contributed by atoms with Gasteiger partial charge in [-0.25, -0.2) is 4.98 Å². The first-order valence-corrected chi connectivity index (χ1v) is 7.82. The van der Waals surface area contributed by atoms with Crippen molar-refractivity contribution < 1.29 is 22.6 Å². The van der Waals surface area contributed by atoms with E-state index in [9.17, 15) is 18.0 Å². The van der Waals surface area contributed by atoms with Gasteiger partial charge in [0, 0.05) is 6.07 Å². The molecule has 0 saturated heterocycles. The number of ether oxygens (including phenoxy) is 2. The fourth-order valence-corrected chi connectivity index (χ4v) is 3.48. The Balaban J connectivity index is 2.41. The van der Waals surface area contributed by atoms with E-state index in [0.29, 0.717) is 16.0 Å². The Bertz CT molecular complexity index is 936. The van der Waals surface area contributed by atoms with Gasteiger partial charge in [-0.15, -0.1) is 11.3 Å². The molecule has 4 nitrogen and oxygen atoms in total. The highest BCUT2D eigenvalue weighted by Gasteiger charge is 2.40. The molecule has 0 fully saturated rings. The third-order valence-corrected chi connectivity index (χ3v) is 4.55. The summed E-state index contributed by atoms with van der Waals surface area (Å²) in [5.41, 5.74) is -1.82. The smallest absolute Gasteiger partial charge is 0.421 e. The van der Waals surface area contributed by atoms with Crippen LogP contribution in [-0.2, 0) is 6.18 Å². The summed E-state index contributed by atoms with van der Waals surface area (Å²) in [6, 6.07) is 6.18. The number of alkyl halides is 3. The summed E-state index contributed by atoms with van der Waals surface area (Å²) in [6.45, 7) is 1.69. The second-order valence-electron chi connectivity index (χ2n) is 4.91. The molecule has 0 spiro atoms. The Kier molecular flexibility index (Phi) is 4.08. The largest absolute Gasteiger partial charge is 0.497 e. The molecule has 1 aliphatic carbocycles. The van der Waals surface area contributed by atoms with Gasteiger partial charge < -0.3 is 9.47 Å². The Labute approximate surface area is 138 Å². The first-order chi connectivity index (χ1) is 11.3. The number of methoxy groups -OCH3 is 1. The zero-order valence-corrected chi connectivity index (χ0v) is 13.5. The first kappa shape index (κ1) is 16.5. The second-order valence-corrected chi connectivity index (χ2v) is 5.96. The minimum atomic E-state index is -4.80. The summed E-state index contributed by atoms with van der Waals surface area (Å²) < 4.78 is 51.0. The van der Waals surface area contributed by atoms with Crippen LogP contribution in [0.3, 0.4) is 0 Å². The molecule has 0 unspecified atom stereocenters. The lowest BCUT2D eigenvalue weighted by molar-refractivity contribution is -0.137. The number of nitrogens with zero attached hydrogens (tertiary/aromatic N) is 1. The van der Waals surface area contributed by atoms with Gasteiger partial charge in [-0.2, -0.15) is 13.2 Å². The third-order valence-electron chi connectivity index (χ3n) is 3.38. The lowest BCUT2D eigenvalue weighted by Gasteiger charge is -2.15. The summed E-state index contributed by atoms with van der Waals surface area (Å²) in [5.74, 6) is 0.159. The molecule has 0 radical (unpaired) electrons. The molecule has 1 aromatic rings. The van der Waals surface area contributed by atoms with Gasteiger partial charge in [-0.3, -0.25) is 4.79 Å². The zero-order chi connectivity index (χ0) is 17.5. The highest BCUT2D eigenvalue weighted by molar-refractivity contribution is 7.21. The van der Waals surface area contributed by atoms with Crippen molar-refractivity contribution in [2.75, 3.05) is 13.7 Å². The molecule has 1 aromatic carbocycles. The van der Waals surface area contributed by atoms with E-state index < -0.39 is 17.2 Å². The number of halogens is 3. The molecule has 2 aliphatic rings. The summed E-state index contributed by atoms with van der Waals surface area (Å²) >= 11 is 0.857. The molecule has 1 aliphatic heterocycles. The number of benzene rings is 2. The molecule has 0 N–H and O–H groups in total. The number of hydrogen-bond donors (Lipinski definition) is 0. The average Bonchev–Trinajstić information content (AvgIpc) is 2.52. The van der Waals surface area contributed by atoms with E-state index in [4.69, 9.17) is 9.47 Å². The second kappa shape index (κ2) is 5.94. The van der Waals surface area contributed by atoms with Crippen molar-refractivity contribution in [3.63, 3.8) is 0 Å². The summed E-state index contributed by atoms with van der Waals surface area (Å²) in [7, 11) is 1.46. The lowest BCUT2D eigenvalue weighted by atomic mass is 10.1. The highest BCUT2D eigenvalue weighted by atomic mass is 32.1. The van der Waals surface area contributed by atoms with Crippen LogP contribution in [0.5, 0.6) is 11.5 Å². The molecule has 0 aromatic heterocycles. The van der Waals surface area contributed by atoms with Gasteiger partial charge in [0.2, 0.25) is 5.43 Å². The van der Waals surface area contributed by atoms with Crippen molar-refractivity contribution in [1.29, 1.82) is 0 Å². The highest BCUT2D eigenvalue weighted by Crippen LogP contribution is 2.41. The van der Waals surface area contributed by atoms with E-state index in [0.717, 1.165) is 11.3 Å². The van der Waals surface area contributed by atoms with Crippen molar-refractivity contribution in [1.82, 2.24) is 4.98 Å². The maximum Gasteiger partial charge on any atom is 0.421 e. The number of aromatic nitrogens is 1. The quantitative estimate of drug-likeness (QED) is 0.661. The monoisotopic (exact) mass is 355 g/mol. The lowest BCUT2D eigenvalue weighted by Crippen LogP contribution is -2.22. The van der Waals surface area contributed by atoms with Crippen molar-refractivity contribution in [3.05, 3.63) is 40.1 Å². The van der Waals surface area contributed by atoms with Crippen LogP contribution in [0.15, 0.2) is 29.1 Å². The SMILES string of the molecule is CCOc1cc2nc3ccc(OC)cc3sc-2c(C(F)(F)F)c1=O. The Morgan fingerprint density at radius 3 is 2.62 bits per heavy atom. The molecule has 3 rings (SSSR count). The molecule has 126 valence electrons. The maximum absolute atomic E-state index is 13.4. The average molecular weight is 355 g/mol. The predicted octanol–water partition coefficient (Wildman–Crippen LogP) is 4.19. The maximum atomic E-state index is 13.4. The third kappa shape index (κ3) is 2.77. The fourth-order valence-electron chi connectivity index (χ4n) is 2.35. The van der Waals surface area contributed by atoms with Crippen LogP contribution in [0.25, 0.3) is 20.8 Å². The summed E-state index contributed by atoms with van der Waals surface area (Å²) in [5, 5.41) is 0. The topological polar surface area (TPSA) is 48.4 Å². The Hall–Kier alpha value is -2.35. The number of rotatable bonds is 3. The van der Waals surface area contributed by atoms with E-state index in [1.165, 1.54) is 13.2 Å². The number of fused-ring (bicyclic) bond motifs is 2. The van der Waals surface area contributed by atoms with Crippen LogP contribution >= 0.6 is 11.3 Å². The predicted molar refractivity (Wildman–Crippen MR) is 85.2 cm³/mol. The minimum Gasteiger partial charge on any atom is -0.497 e. The molecule has 0 atom stereocenters. The van der Waals surface area contributed by atoms with Crippen LogP contribution in [0.4, 0.5) is 13.2 Å². The van der Waals surface area contributed by atoms with E-state index >= 15 is 0 Å². The molecule has 0 saturated carbocycles. The summed E-state index contributed by atoms with van der Waals surface area (Å²) in [6.07, 6.45) is -4.80. The molecule has 24 heavy (non-hydrogen) atoms. The van der Waals surface area contributed by atoms with Crippen molar-refractivity contribution >= 4 is 21.6 Å². The van der Waals surface area contributed by atoms with Gasteiger partial charge in [0.25, 0.3) is 0 Å². The Morgan fingerprint density at radius 2 is 2.00 bits per heavy atom. The summed E-state index contributed by atoms with van der Waals surface area (Å²) in [4.78, 5) is 16.2. The molecular weight excluding hydrogens is 343 g/mol. The van der Waals surface area contributed by atoms with E-state index in [2.05, 4.69) is 4.98 Å². The Morgan fingerprint density at radius 1 is 1.25 bits per heavy atom. The molecule has 8 heteroatoms. The zero-order valence-electron chi connectivity index (χ0n) is 12.7. The first-order valence-electron chi connectivity index (χ1n) is 7.00. The van der Waals surface area contributed by atoms with Gasteiger partial charge in [0.1, 0.15) is 11.3 Å². The standard InChI is InChI=1S/C16H12F3NO3S/c1-3-23-11-7-10-15(13(14(11)21)16(17,18)19)24-12-6-8(22-2)4-5-9(12)20-10/h4-7H,3H2,1-2H3. The molecule has 1 heterocycles. The van der Waals surface area contributed by atoms with Gasteiger partial charge in [0.15, 0.2) is 5.75 Å². The van der Waals surface area contributed by atoms with Crippen molar-refractivity contribution in [3.8, 4) is 22.1 Å². The van der Waals surface area contributed by atoms with E-state index in [1.54, 1.807) is 25.1 Å².